The van der Waals surface area contributed by atoms with Gasteiger partial charge >= 0.3 is 12.1 Å². The van der Waals surface area contributed by atoms with Crippen molar-refractivity contribution in [3.8, 4) is 5.75 Å². The first-order chi connectivity index (χ1) is 12.8. The van der Waals surface area contributed by atoms with Gasteiger partial charge in [-0.25, -0.2) is 0 Å². The zero-order chi connectivity index (χ0) is 19.9. The zero-order valence-corrected chi connectivity index (χ0v) is 14.3. The topological polar surface area (TPSA) is 67.4 Å². The van der Waals surface area contributed by atoms with Gasteiger partial charge in [-0.05, 0) is 29.8 Å². The Morgan fingerprint density at radius 2 is 1.74 bits per heavy atom. The first kappa shape index (κ1) is 20.0. The number of carbonyl (C=O) groups is 2. The number of carbonyl (C=O) groups excluding carboxylic acids is 2. The number of halogens is 3. The van der Waals surface area contributed by atoms with Crippen LogP contribution in [0.25, 0.3) is 6.08 Å². The number of ether oxygens (including phenoxy) is 1. The van der Waals surface area contributed by atoms with E-state index in [1.54, 1.807) is 23.5 Å². The second-order valence-corrected chi connectivity index (χ2v) is 5.44. The van der Waals surface area contributed by atoms with Crippen LogP contribution in [0.5, 0.6) is 5.75 Å². The molecule has 27 heavy (non-hydrogen) atoms. The molecule has 0 heterocycles. The monoisotopic (exact) mass is 378 g/mol. The Morgan fingerprint density at radius 3 is 2.37 bits per heavy atom. The van der Waals surface area contributed by atoms with Crippen LogP contribution in [-0.2, 0) is 16.1 Å². The van der Waals surface area contributed by atoms with Gasteiger partial charge in [-0.3, -0.25) is 9.59 Å². The minimum Gasteiger partial charge on any atom is -0.496 e. The number of anilines is 1. The van der Waals surface area contributed by atoms with Gasteiger partial charge < -0.3 is 15.4 Å². The Hall–Kier alpha value is -3.29. The lowest BCUT2D eigenvalue weighted by Crippen LogP contribution is -2.29. The van der Waals surface area contributed by atoms with Crippen LogP contribution in [0.15, 0.2) is 54.6 Å². The number of hydrogen-bond donors (Lipinski definition) is 2. The number of nitrogens with one attached hydrogen (secondary N) is 2. The molecule has 0 saturated carbocycles. The highest BCUT2D eigenvalue weighted by Gasteiger charge is 2.38. The number of alkyl halides is 3. The van der Waals surface area contributed by atoms with Gasteiger partial charge in [0.2, 0.25) is 5.91 Å². The van der Waals surface area contributed by atoms with E-state index in [0.29, 0.717) is 11.3 Å². The summed E-state index contributed by atoms with van der Waals surface area (Å²) >= 11 is 0. The van der Waals surface area contributed by atoms with Crippen LogP contribution in [0.1, 0.15) is 11.1 Å². The molecule has 0 aliphatic heterocycles. The van der Waals surface area contributed by atoms with Crippen molar-refractivity contribution in [3.05, 3.63) is 65.7 Å². The molecule has 0 aliphatic rings. The maximum absolute atomic E-state index is 12.2. The summed E-state index contributed by atoms with van der Waals surface area (Å²) in [7, 11) is 1.54. The van der Waals surface area contributed by atoms with Crippen LogP contribution < -0.4 is 15.4 Å². The molecule has 2 amide bonds. The molecule has 0 radical (unpaired) electrons. The summed E-state index contributed by atoms with van der Waals surface area (Å²) in [6.07, 6.45) is -1.97. The first-order valence-corrected chi connectivity index (χ1v) is 7.85. The van der Waals surface area contributed by atoms with E-state index in [2.05, 4.69) is 5.32 Å². The molecule has 2 aromatic rings. The lowest BCUT2D eigenvalue weighted by atomic mass is 10.2. The predicted molar refractivity (Wildman–Crippen MR) is 95.0 cm³/mol. The van der Waals surface area contributed by atoms with Gasteiger partial charge in [0.05, 0.1) is 7.11 Å². The predicted octanol–water partition coefficient (Wildman–Crippen LogP) is 3.53. The Morgan fingerprint density at radius 1 is 1.07 bits per heavy atom. The van der Waals surface area contributed by atoms with E-state index >= 15 is 0 Å². The highest BCUT2D eigenvalue weighted by molar-refractivity contribution is 5.95. The number of amides is 2. The minimum atomic E-state index is -4.94. The molecule has 2 rings (SSSR count). The lowest BCUT2D eigenvalue weighted by Gasteiger charge is -2.09. The maximum Gasteiger partial charge on any atom is 0.471 e. The summed E-state index contributed by atoms with van der Waals surface area (Å²) in [5, 5.41) is 4.41. The third-order valence-corrected chi connectivity index (χ3v) is 3.49. The fraction of sp³-hybridized carbons (Fsp3) is 0.158. The van der Waals surface area contributed by atoms with Gasteiger partial charge in [-0.15, -0.1) is 0 Å². The van der Waals surface area contributed by atoms with E-state index in [9.17, 15) is 22.8 Å². The standard InChI is InChI=1S/C19H17F3N2O3/c1-27-16-5-3-2-4-14(16)8-11-17(25)23-12-13-6-9-15(10-7-13)24-18(26)19(20,21)22/h2-11H,12H2,1H3,(H,23,25)(H,24,26)/b11-8+. The van der Waals surface area contributed by atoms with E-state index in [4.69, 9.17) is 4.74 Å². The van der Waals surface area contributed by atoms with Crippen LogP contribution in [0.4, 0.5) is 18.9 Å². The van der Waals surface area contributed by atoms with Crippen molar-refractivity contribution >= 4 is 23.6 Å². The molecule has 0 fully saturated rings. The molecule has 8 heteroatoms. The van der Waals surface area contributed by atoms with Crippen molar-refractivity contribution in [2.75, 3.05) is 12.4 Å². The molecule has 0 aromatic heterocycles. The van der Waals surface area contributed by atoms with Gasteiger partial charge in [-0.1, -0.05) is 30.3 Å². The second-order valence-electron chi connectivity index (χ2n) is 5.44. The molecule has 0 atom stereocenters. The summed E-state index contributed by atoms with van der Waals surface area (Å²) in [5.74, 6) is -1.74. The van der Waals surface area contributed by atoms with E-state index in [1.165, 1.54) is 37.5 Å². The largest absolute Gasteiger partial charge is 0.496 e. The maximum atomic E-state index is 12.2. The summed E-state index contributed by atoms with van der Waals surface area (Å²) < 4.78 is 41.8. The van der Waals surface area contributed by atoms with E-state index < -0.39 is 12.1 Å². The van der Waals surface area contributed by atoms with Crippen LogP contribution in [-0.4, -0.2) is 25.1 Å². The van der Waals surface area contributed by atoms with Crippen molar-refractivity contribution in [1.29, 1.82) is 0 Å². The van der Waals surface area contributed by atoms with E-state index in [-0.39, 0.29) is 18.1 Å². The molecule has 0 aliphatic carbocycles. The summed E-state index contributed by atoms with van der Waals surface area (Å²) in [4.78, 5) is 22.8. The molecule has 142 valence electrons. The van der Waals surface area contributed by atoms with E-state index in [1.807, 2.05) is 12.1 Å². The molecule has 0 spiro atoms. The average molecular weight is 378 g/mol. The summed E-state index contributed by atoms with van der Waals surface area (Å²) in [5.41, 5.74) is 1.43. The van der Waals surface area contributed by atoms with Crippen molar-refractivity contribution in [2.24, 2.45) is 0 Å². The molecule has 0 saturated heterocycles. The normalized spacial score (nSPS) is 11.3. The summed E-state index contributed by atoms with van der Waals surface area (Å²) in [6.45, 7) is 0.183. The van der Waals surface area contributed by atoms with E-state index in [0.717, 1.165) is 5.56 Å². The van der Waals surface area contributed by atoms with Gasteiger partial charge in [0.1, 0.15) is 5.75 Å². The minimum absolute atomic E-state index is 0.0171. The smallest absolute Gasteiger partial charge is 0.471 e. The number of hydrogen-bond acceptors (Lipinski definition) is 3. The highest BCUT2D eigenvalue weighted by Crippen LogP contribution is 2.19. The average Bonchev–Trinajstić information content (AvgIpc) is 2.65. The van der Waals surface area contributed by atoms with Crippen LogP contribution >= 0.6 is 0 Å². The second kappa shape index (κ2) is 8.88. The molecular formula is C19H17F3N2O3. The Labute approximate surface area is 153 Å². The van der Waals surface area contributed by atoms with Crippen LogP contribution in [0, 0.1) is 0 Å². The Kier molecular flexibility index (Phi) is 6.59. The van der Waals surface area contributed by atoms with Gasteiger partial charge in [0.15, 0.2) is 0 Å². The SMILES string of the molecule is COc1ccccc1/C=C/C(=O)NCc1ccc(NC(=O)C(F)(F)F)cc1. The number of methoxy groups -OCH3 is 1. The van der Waals surface area contributed by atoms with Gasteiger partial charge in [0.25, 0.3) is 0 Å². The van der Waals surface area contributed by atoms with Gasteiger partial charge in [0, 0.05) is 23.9 Å². The van der Waals surface area contributed by atoms with Crippen molar-refractivity contribution in [1.82, 2.24) is 5.32 Å². The number of benzene rings is 2. The Balaban J connectivity index is 1.88. The third-order valence-electron chi connectivity index (χ3n) is 3.49. The molecular weight excluding hydrogens is 361 g/mol. The fourth-order valence-corrected chi connectivity index (χ4v) is 2.13. The molecule has 5 nitrogen and oxygen atoms in total. The number of rotatable bonds is 6. The lowest BCUT2D eigenvalue weighted by molar-refractivity contribution is -0.167. The van der Waals surface area contributed by atoms with Crippen molar-refractivity contribution in [2.45, 2.75) is 12.7 Å². The highest BCUT2D eigenvalue weighted by atomic mass is 19.4. The fourth-order valence-electron chi connectivity index (χ4n) is 2.13. The van der Waals surface area contributed by atoms with Crippen molar-refractivity contribution in [3.63, 3.8) is 0 Å². The van der Waals surface area contributed by atoms with Crippen molar-refractivity contribution < 1.29 is 27.5 Å². The Bertz CT molecular complexity index is 831. The molecule has 0 unspecified atom stereocenters. The summed E-state index contributed by atoms with van der Waals surface area (Å²) in [6, 6.07) is 12.9. The first-order valence-electron chi connectivity index (χ1n) is 7.85. The molecule has 2 N–H and O–H groups in total. The van der Waals surface area contributed by atoms with Crippen LogP contribution in [0.2, 0.25) is 0 Å². The van der Waals surface area contributed by atoms with Gasteiger partial charge in [-0.2, -0.15) is 13.2 Å². The third kappa shape index (κ3) is 6.18. The quantitative estimate of drug-likeness (QED) is 0.756. The molecule has 0 bridgehead atoms. The number of para-hydroxylation sites is 1. The zero-order valence-electron chi connectivity index (χ0n) is 14.3. The van der Waals surface area contributed by atoms with Crippen LogP contribution in [0.3, 0.4) is 0 Å². The molecule has 2 aromatic carbocycles.